The van der Waals surface area contributed by atoms with Gasteiger partial charge in [-0.1, -0.05) is 12.1 Å². The second-order valence-corrected chi connectivity index (χ2v) is 4.61. The van der Waals surface area contributed by atoms with E-state index in [2.05, 4.69) is 15.0 Å². The smallest absolute Gasteiger partial charge is 0.387 e. The van der Waals surface area contributed by atoms with Gasteiger partial charge in [-0.15, -0.1) is 0 Å². The average Bonchev–Trinajstić information content (AvgIpc) is 2.53. The van der Waals surface area contributed by atoms with Gasteiger partial charge in [-0.05, 0) is 29.8 Å². The third-order valence-electron chi connectivity index (χ3n) is 3.06. The van der Waals surface area contributed by atoms with Gasteiger partial charge in [0.25, 0.3) is 0 Å². The van der Waals surface area contributed by atoms with E-state index in [1.807, 2.05) is 18.2 Å². The molecule has 2 rings (SSSR count). The Morgan fingerprint density at radius 3 is 2.73 bits per heavy atom. The van der Waals surface area contributed by atoms with E-state index in [-0.39, 0.29) is 5.75 Å². The lowest BCUT2D eigenvalue weighted by Gasteiger charge is -2.12. The second kappa shape index (κ2) is 8.29. The van der Waals surface area contributed by atoms with Crippen LogP contribution in [-0.4, -0.2) is 25.3 Å². The maximum atomic E-state index is 12.3. The molecule has 0 aliphatic heterocycles. The summed E-state index contributed by atoms with van der Waals surface area (Å²) in [6.07, 6.45) is 2.59. The summed E-state index contributed by atoms with van der Waals surface area (Å²) < 4.78 is 34.0. The average molecular weight is 308 g/mol. The molecule has 0 saturated carbocycles. The minimum Gasteiger partial charge on any atom is -0.493 e. The first-order chi connectivity index (χ1) is 10.7. The van der Waals surface area contributed by atoms with Crippen LogP contribution >= 0.6 is 0 Å². The molecule has 0 atom stereocenters. The zero-order valence-electron chi connectivity index (χ0n) is 12.3. The summed E-state index contributed by atoms with van der Waals surface area (Å²) in [7, 11) is 1.42. The van der Waals surface area contributed by atoms with Gasteiger partial charge in [-0.3, -0.25) is 4.98 Å². The van der Waals surface area contributed by atoms with Crippen LogP contribution in [0.4, 0.5) is 8.78 Å². The highest BCUT2D eigenvalue weighted by Gasteiger charge is 2.10. The summed E-state index contributed by atoms with van der Waals surface area (Å²) in [6.45, 7) is -1.48. The quantitative estimate of drug-likeness (QED) is 0.761. The number of rotatable bonds is 8. The molecule has 1 heterocycles. The fourth-order valence-corrected chi connectivity index (χ4v) is 2.01. The summed E-state index contributed by atoms with van der Waals surface area (Å²) in [4.78, 5) is 4.24. The molecular formula is C16H18F2N2O2. The number of methoxy groups -OCH3 is 1. The van der Waals surface area contributed by atoms with E-state index >= 15 is 0 Å². The third kappa shape index (κ3) is 4.96. The number of alkyl halides is 2. The SMILES string of the molecule is COc1cc(CNCCc2ccccn2)ccc1OC(F)F. The van der Waals surface area contributed by atoms with Crippen molar-refractivity contribution in [3.8, 4) is 11.5 Å². The zero-order valence-corrected chi connectivity index (χ0v) is 12.3. The highest BCUT2D eigenvalue weighted by molar-refractivity contribution is 5.42. The van der Waals surface area contributed by atoms with Gasteiger partial charge in [0.2, 0.25) is 0 Å². The van der Waals surface area contributed by atoms with Crippen LogP contribution in [0.2, 0.25) is 0 Å². The molecule has 4 nitrogen and oxygen atoms in total. The molecule has 1 aromatic heterocycles. The monoisotopic (exact) mass is 308 g/mol. The molecular weight excluding hydrogens is 290 g/mol. The van der Waals surface area contributed by atoms with Crippen molar-refractivity contribution >= 4 is 0 Å². The Morgan fingerprint density at radius 1 is 1.18 bits per heavy atom. The van der Waals surface area contributed by atoms with Crippen LogP contribution in [0.5, 0.6) is 11.5 Å². The van der Waals surface area contributed by atoms with Gasteiger partial charge >= 0.3 is 6.61 Å². The number of aromatic nitrogens is 1. The van der Waals surface area contributed by atoms with Gasteiger partial charge in [0.05, 0.1) is 7.11 Å². The Kier molecular flexibility index (Phi) is 6.09. The maximum absolute atomic E-state index is 12.3. The highest BCUT2D eigenvalue weighted by Crippen LogP contribution is 2.29. The van der Waals surface area contributed by atoms with Gasteiger partial charge in [0.15, 0.2) is 11.5 Å². The Balaban J connectivity index is 1.85. The Bertz CT molecular complexity index is 580. The highest BCUT2D eigenvalue weighted by atomic mass is 19.3. The molecule has 118 valence electrons. The summed E-state index contributed by atoms with van der Waals surface area (Å²) in [5.74, 6) is 0.332. The molecule has 0 aliphatic carbocycles. The van der Waals surface area contributed by atoms with E-state index in [4.69, 9.17) is 4.74 Å². The molecule has 6 heteroatoms. The van der Waals surface area contributed by atoms with Gasteiger partial charge in [-0.2, -0.15) is 8.78 Å². The number of ether oxygens (including phenoxy) is 2. The molecule has 22 heavy (non-hydrogen) atoms. The van der Waals surface area contributed by atoms with Gasteiger partial charge in [-0.25, -0.2) is 0 Å². The Hall–Kier alpha value is -2.21. The minimum atomic E-state index is -2.86. The molecule has 2 aromatic rings. The number of nitrogens with zero attached hydrogens (tertiary/aromatic N) is 1. The van der Waals surface area contributed by atoms with E-state index in [0.29, 0.717) is 12.3 Å². The molecule has 0 aliphatic rings. The molecule has 0 saturated heterocycles. The number of pyridine rings is 1. The summed E-state index contributed by atoms with van der Waals surface area (Å²) >= 11 is 0. The van der Waals surface area contributed by atoms with Crippen molar-refractivity contribution in [3.63, 3.8) is 0 Å². The van der Waals surface area contributed by atoms with E-state index < -0.39 is 6.61 Å². The van der Waals surface area contributed by atoms with Crippen molar-refractivity contribution in [3.05, 3.63) is 53.9 Å². The van der Waals surface area contributed by atoms with E-state index in [0.717, 1.165) is 24.2 Å². The largest absolute Gasteiger partial charge is 0.493 e. The van der Waals surface area contributed by atoms with Crippen LogP contribution in [0.15, 0.2) is 42.6 Å². The van der Waals surface area contributed by atoms with Crippen molar-refractivity contribution in [2.45, 2.75) is 19.6 Å². The van der Waals surface area contributed by atoms with Crippen molar-refractivity contribution in [2.24, 2.45) is 0 Å². The molecule has 0 unspecified atom stereocenters. The van der Waals surface area contributed by atoms with Crippen molar-refractivity contribution in [1.29, 1.82) is 0 Å². The number of hydrogen-bond acceptors (Lipinski definition) is 4. The van der Waals surface area contributed by atoms with Crippen LogP contribution in [0, 0.1) is 0 Å². The summed E-state index contributed by atoms with van der Waals surface area (Å²) in [5, 5.41) is 3.28. The Morgan fingerprint density at radius 2 is 2.05 bits per heavy atom. The Labute approximate surface area is 128 Å². The molecule has 0 radical (unpaired) electrons. The zero-order chi connectivity index (χ0) is 15.8. The summed E-state index contributed by atoms with van der Waals surface area (Å²) in [6, 6.07) is 10.7. The number of nitrogens with one attached hydrogen (secondary N) is 1. The molecule has 0 fully saturated rings. The van der Waals surface area contributed by atoms with Crippen LogP contribution in [0.1, 0.15) is 11.3 Å². The lowest BCUT2D eigenvalue weighted by Crippen LogP contribution is -2.17. The topological polar surface area (TPSA) is 43.4 Å². The number of hydrogen-bond donors (Lipinski definition) is 1. The maximum Gasteiger partial charge on any atom is 0.387 e. The fourth-order valence-electron chi connectivity index (χ4n) is 2.01. The van der Waals surface area contributed by atoms with E-state index in [1.54, 1.807) is 18.3 Å². The van der Waals surface area contributed by atoms with Gasteiger partial charge < -0.3 is 14.8 Å². The molecule has 0 spiro atoms. The molecule has 1 N–H and O–H groups in total. The van der Waals surface area contributed by atoms with Gasteiger partial charge in [0.1, 0.15) is 0 Å². The van der Waals surface area contributed by atoms with Crippen LogP contribution in [0.25, 0.3) is 0 Å². The normalized spacial score (nSPS) is 10.7. The summed E-state index contributed by atoms with van der Waals surface area (Å²) in [5.41, 5.74) is 1.95. The first-order valence-corrected chi connectivity index (χ1v) is 6.91. The van der Waals surface area contributed by atoms with Crippen molar-refractivity contribution in [2.75, 3.05) is 13.7 Å². The number of halogens is 2. The first kappa shape index (κ1) is 16.2. The molecule has 0 amide bonds. The van der Waals surface area contributed by atoms with E-state index in [1.165, 1.54) is 13.2 Å². The van der Waals surface area contributed by atoms with Crippen LogP contribution in [0.3, 0.4) is 0 Å². The third-order valence-corrected chi connectivity index (χ3v) is 3.06. The van der Waals surface area contributed by atoms with Crippen LogP contribution in [-0.2, 0) is 13.0 Å². The lowest BCUT2D eigenvalue weighted by atomic mass is 10.2. The van der Waals surface area contributed by atoms with Crippen molar-refractivity contribution in [1.82, 2.24) is 10.3 Å². The second-order valence-electron chi connectivity index (χ2n) is 4.61. The standard InChI is InChI=1S/C16H18F2N2O2/c1-21-15-10-12(5-6-14(15)22-16(17)18)11-19-9-7-13-4-2-3-8-20-13/h2-6,8,10,16,19H,7,9,11H2,1H3. The molecule has 1 aromatic carbocycles. The van der Waals surface area contributed by atoms with Crippen molar-refractivity contribution < 1.29 is 18.3 Å². The van der Waals surface area contributed by atoms with E-state index in [9.17, 15) is 8.78 Å². The van der Waals surface area contributed by atoms with Gasteiger partial charge in [0, 0.05) is 31.4 Å². The fraction of sp³-hybridized carbons (Fsp3) is 0.312. The first-order valence-electron chi connectivity index (χ1n) is 6.91. The predicted molar refractivity (Wildman–Crippen MR) is 79.3 cm³/mol. The predicted octanol–water partition coefficient (Wildman–Crippen LogP) is 3.02. The molecule has 0 bridgehead atoms. The van der Waals surface area contributed by atoms with Crippen LogP contribution < -0.4 is 14.8 Å². The minimum absolute atomic E-state index is 0.0368. The lowest BCUT2D eigenvalue weighted by molar-refractivity contribution is -0.0512. The number of benzene rings is 1.